The Bertz CT molecular complexity index is 751. The summed E-state index contributed by atoms with van der Waals surface area (Å²) in [5.41, 5.74) is 0.151. The molecule has 28 heavy (non-hydrogen) atoms. The van der Waals surface area contributed by atoms with Crippen LogP contribution in [-0.2, 0) is 25.5 Å². The van der Waals surface area contributed by atoms with Crippen molar-refractivity contribution >= 4 is 24.8 Å². The summed E-state index contributed by atoms with van der Waals surface area (Å²) in [6.45, 7) is 8.20. The maximum Gasteiger partial charge on any atom is 0.526 e. The first-order valence-corrected chi connectivity index (χ1v) is 9.34. The van der Waals surface area contributed by atoms with E-state index in [4.69, 9.17) is 14.1 Å². The molecular weight excluding hydrogens is 363 g/mol. The van der Waals surface area contributed by atoms with Gasteiger partial charge >= 0.3 is 19.1 Å². The van der Waals surface area contributed by atoms with Gasteiger partial charge in [-0.2, -0.15) is 0 Å². The number of para-hydroxylation sites is 1. The van der Waals surface area contributed by atoms with Crippen molar-refractivity contribution in [3.05, 3.63) is 29.3 Å². The van der Waals surface area contributed by atoms with E-state index in [1.54, 1.807) is 32.9 Å². The minimum atomic E-state index is -1.19. The molecule has 0 bridgehead atoms. The molecule has 1 heterocycles. The molecule has 0 spiro atoms. The van der Waals surface area contributed by atoms with E-state index in [1.165, 1.54) is 6.07 Å². The molecule has 1 aromatic rings. The zero-order valence-electron chi connectivity index (χ0n) is 17.0. The van der Waals surface area contributed by atoms with Gasteiger partial charge in [0.25, 0.3) is 0 Å². The minimum absolute atomic E-state index is 0.0485. The van der Waals surface area contributed by atoms with Crippen molar-refractivity contribution in [3.63, 3.8) is 0 Å². The monoisotopic (exact) mass is 390 g/mol. The largest absolute Gasteiger partial charge is 0.535 e. The van der Waals surface area contributed by atoms with Gasteiger partial charge in [-0.15, -0.1) is 0 Å². The molecule has 1 aliphatic rings. The summed E-state index contributed by atoms with van der Waals surface area (Å²) in [6, 6.07) is 4.97. The van der Waals surface area contributed by atoms with Gasteiger partial charge < -0.3 is 19.2 Å². The highest BCUT2D eigenvalue weighted by atomic mass is 16.7. The number of carbonyl (C=O) groups is 3. The van der Waals surface area contributed by atoms with Crippen LogP contribution < -0.4 is 4.65 Å². The SMILES string of the molecule is CC(C)C(=O)C[C@H]1Cc2cccc(C(=O)OCOC(=O)C(C)(C)C)c2OB1O. The van der Waals surface area contributed by atoms with Crippen LogP contribution in [0.5, 0.6) is 5.75 Å². The van der Waals surface area contributed by atoms with Crippen molar-refractivity contribution in [1.29, 1.82) is 0 Å². The normalized spacial score (nSPS) is 16.2. The number of benzene rings is 1. The van der Waals surface area contributed by atoms with E-state index < -0.39 is 31.3 Å². The van der Waals surface area contributed by atoms with Gasteiger partial charge in [0.05, 0.1) is 5.41 Å². The minimum Gasteiger partial charge on any atom is -0.535 e. The Labute approximate surface area is 165 Å². The van der Waals surface area contributed by atoms with E-state index >= 15 is 0 Å². The molecular formula is C20H27BO7. The summed E-state index contributed by atoms with van der Waals surface area (Å²) >= 11 is 0. The van der Waals surface area contributed by atoms with Crippen LogP contribution in [0.4, 0.5) is 0 Å². The Kier molecular flexibility index (Phi) is 6.88. The first-order valence-electron chi connectivity index (χ1n) is 9.34. The number of carbonyl (C=O) groups excluding carboxylic acids is 3. The molecule has 0 amide bonds. The zero-order valence-corrected chi connectivity index (χ0v) is 17.0. The molecule has 1 aliphatic heterocycles. The molecule has 1 N–H and O–H groups in total. The number of ether oxygens (including phenoxy) is 2. The third-order valence-electron chi connectivity index (χ3n) is 4.54. The van der Waals surface area contributed by atoms with Gasteiger partial charge in [0.1, 0.15) is 17.1 Å². The highest BCUT2D eigenvalue weighted by Crippen LogP contribution is 2.36. The first kappa shape index (κ1) is 21.9. The average molecular weight is 390 g/mol. The van der Waals surface area contributed by atoms with Crippen LogP contribution in [-0.4, -0.2) is 36.7 Å². The second kappa shape index (κ2) is 8.77. The molecule has 7 nitrogen and oxygen atoms in total. The molecule has 8 heteroatoms. The van der Waals surface area contributed by atoms with Crippen LogP contribution in [0.2, 0.25) is 5.82 Å². The van der Waals surface area contributed by atoms with Gasteiger partial charge in [0.2, 0.25) is 6.79 Å². The molecule has 2 rings (SSSR count). The second-order valence-corrected chi connectivity index (χ2v) is 8.32. The smallest absolute Gasteiger partial charge is 0.526 e. The van der Waals surface area contributed by atoms with Gasteiger partial charge in [-0.1, -0.05) is 26.0 Å². The molecule has 1 atom stereocenters. The van der Waals surface area contributed by atoms with Crippen molar-refractivity contribution in [1.82, 2.24) is 0 Å². The third kappa shape index (κ3) is 5.35. The maximum absolute atomic E-state index is 12.4. The highest BCUT2D eigenvalue weighted by molar-refractivity contribution is 6.47. The van der Waals surface area contributed by atoms with Crippen LogP contribution >= 0.6 is 0 Å². The van der Waals surface area contributed by atoms with E-state index in [1.807, 2.05) is 13.8 Å². The van der Waals surface area contributed by atoms with Crippen molar-refractivity contribution in [2.24, 2.45) is 11.3 Å². The summed E-state index contributed by atoms with van der Waals surface area (Å²) in [7, 11) is -1.19. The Morgan fingerprint density at radius 2 is 1.93 bits per heavy atom. The van der Waals surface area contributed by atoms with E-state index in [2.05, 4.69) is 0 Å². The number of esters is 2. The van der Waals surface area contributed by atoms with E-state index in [9.17, 15) is 19.4 Å². The Morgan fingerprint density at radius 1 is 1.25 bits per heavy atom. The lowest BCUT2D eigenvalue weighted by Gasteiger charge is -2.28. The van der Waals surface area contributed by atoms with E-state index in [0.717, 1.165) is 0 Å². The van der Waals surface area contributed by atoms with Gasteiger partial charge in [-0.05, 0) is 38.8 Å². The van der Waals surface area contributed by atoms with Crippen LogP contribution in [0.25, 0.3) is 0 Å². The van der Waals surface area contributed by atoms with Crippen molar-refractivity contribution < 1.29 is 33.5 Å². The van der Waals surface area contributed by atoms with Crippen molar-refractivity contribution in [3.8, 4) is 5.75 Å². The number of rotatable bonds is 6. The lowest BCUT2D eigenvalue weighted by Crippen LogP contribution is -2.36. The van der Waals surface area contributed by atoms with Gasteiger partial charge in [-0.25, -0.2) is 4.79 Å². The fourth-order valence-corrected chi connectivity index (χ4v) is 2.74. The van der Waals surface area contributed by atoms with Gasteiger partial charge in [0, 0.05) is 18.2 Å². The van der Waals surface area contributed by atoms with Crippen molar-refractivity contribution in [2.45, 2.75) is 53.3 Å². The molecule has 0 aromatic heterocycles. The number of hydrogen-bond donors (Lipinski definition) is 1. The van der Waals surface area contributed by atoms with Crippen molar-refractivity contribution in [2.75, 3.05) is 6.79 Å². The standard InChI is InChI=1S/C20H27BO7/c1-12(2)16(22)10-14-9-13-7-6-8-15(17(13)28-21(14)25)18(23)26-11-27-19(24)20(3,4)5/h6-8,12,14,25H,9-11H2,1-5H3/t14-/m1/s1. The molecule has 0 aliphatic carbocycles. The lowest BCUT2D eigenvalue weighted by atomic mass is 9.64. The van der Waals surface area contributed by atoms with Crippen LogP contribution in [0, 0.1) is 11.3 Å². The highest BCUT2D eigenvalue weighted by Gasteiger charge is 2.38. The Morgan fingerprint density at radius 3 is 2.54 bits per heavy atom. The fourth-order valence-electron chi connectivity index (χ4n) is 2.74. The first-order chi connectivity index (χ1) is 13.0. The predicted octanol–water partition coefficient (Wildman–Crippen LogP) is 2.79. The summed E-state index contributed by atoms with van der Waals surface area (Å²) < 4.78 is 15.5. The maximum atomic E-state index is 12.4. The Balaban J connectivity index is 2.06. The zero-order chi connectivity index (χ0) is 21.1. The van der Waals surface area contributed by atoms with Crippen LogP contribution in [0.3, 0.4) is 0 Å². The second-order valence-electron chi connectivity index (χ2n) is 8.32. The topological polar surface area (TPSA) is 99.1 Å². The molecule has 0 radical (unpaired) electrons. The van der Waals surface area contributed by atoms with Gasteiger partial charge in [0.15, 0.2) is 0 Å². The molecule has 0 fully saturated rings. The van der Waals surface area contributed by atoms with E-state index in [0.29, 0.717) is 12.0 Å². The van der Waals surface area contributed by atoms with Crippen LogP contribution in [0.15, 0.2) is 18.2 Å². The summed E-state index contributed by atoms with van der Waals surface area (Å²) in [5, 5.41) is 10.3. The molecule has 1 aromatic carbocycles. The van der Waals surface area contributed by atoms with Crippen LogP contribution in [0.1, 0.15) is 57.0 Å². The molecule has 0 saturated carbocycles. The van der Waals surface area contributed by atoms with Gasteiger partial charge in [-0.3, -0.25) is 9.59 Å². The molecule has 152 valence electrons. The fraction of sp³-hybridized carbons (Fsp3) is 0.550. The summed E-state index contributed by atoms with van der Waals surface area (Å²) in [4.78, 5) is 36.1. The molecule has 0 unspecified atom stereocenters. The molecule has 0 saturated heterocycles. The average Bonchev–Trinajstić information content (AvgIpc) is 2.60. The Hall–Kier alpha value is -2.35. The number of ketones is 1. The lowest BCUT2D eigenvalue weighted by molar-refractivity contribution is -0.161. The third-order valence-corrected chi connectivity index (χ3v) is 4.54. The summed E-state index contributed by atoms with van der Waals surface area (Å²) in [5.74, 6) is -1.42. The predicted molar refractivity (Wildman–Crippen MR) is 103 cm³/mol. The quantitative estimate of drug-likeness (QED) is 0.453. The number of Topliss-reactive ketones (excluding diaryl/α,β-unsaturated/α-hetero) is 1. The number of fused-ring (bicyclic) bond motifs is 1. The number of hydrogen-bond acceptors (Lipinski definition) is 7. The summed E-state index contributed by atoms with van der Waals surface area (Å²) in [6.07, 6.45) is 0.616. The van der Waals surface area contributed by atoms with E-state index in [-0.39, 0.29) is 35.3 Å².